The number of rotatable bonds is 5. The molecule has 3 aromatic rings. The van der Waals surface area contributed by atoms with Crippen LogP contribution in [-0.2, 0) is 11.8 Å². The van der Waals surface area contributed by atoms with Crippen LogP contribution in [0.1, 0.15) is 21.6 Å². The van der Waals surface area contributed by atoms with Gasteiger partial charge in [0.05, 0.1) is 10.6 Å². The van der Waals surface area contributed by atoms with Crippen LogP contribution in [0.15, 0.2) is 46.9 Å². The van der Waals surface area contributed by atoms with Crippen molar-refractivity contribution in [3.8, 4) is 11.5 Å². The van der Waals surface area contributed by atoms with Gasteiger partial charge in [-0.1, -0.05) is 30.0 Å². The number of para-hydroxylation sites is 2. The lowest BCUT2D eigenvalue weighted by atomic mass is 10.2. The first-order valence-electron chi connectivity index (χ1n) is 10.6. The predicted molar refractivity (Wildman–Crippen MR) is 124 cm³/mol. The molecule has 2 amide bonds. The van der Waals surface area contributed by atoms with Gasteiger partial charge in [-0.15, -0.1) is 21.5 Å². The maximum atomic E-state index is 12.7. The highest BCUT2D eigenvalue weighted by Gasteiger charge is 2.29. The van der Waals surface area contributed by atoms with E-state index in [-0.39, 0.29) is 23.7 Å². The second kappa shape index (κ2) is 9.44. The van der Waals surface area contributed by atoms with E-state index in [1.807, 2.05) is 58.3 Å². The Bertz CT molecular complexity index is 1140. The van der Waals surface area contributed by atoms with Gasteiger partial charge in [-0.2, -0.15) is 0 Å². The van der Waals surface area contributed by atoms with Crippen LogP contribution in [0.3, 0.4) is 0 Å². The third kappa shape index (κ3) is 4.55. The molecule has 0 spiro atoms. The highest BCUT2D eigenvalue weighted by Crippen LogP contribution is 2.35. The lowest BCUT2D eigenvalue weighted by Crippen LogP contribution is -2.51. The number of aromatic nitrogens is 3. The number of ether oxygens (including phenoxy) is 2. The number of nitrogens with zero attached hydrogens (tertiary/aromatic N) is 5. The molecular weight excluding hydrogens is 462 g/mol. The van der Waals surface area contributed by atoms with E-state index in [0.29, 0.717) is 55.3 Å². The number of hydrogen-bond donors (Lipinski definition) is 0. The average Bonchev–Trinajstić information content (AvgIpc) is 3.52. The second-order valence-electron chi connectivity index (χ2n) is 7.70. The number of amides is 2. The molecule has 0 saturated carbocycles. The zero-order valence-electron chi connectivity index (χ0n) is 18.0. The van der Waals surface area contributed by atoms with Crippen LogP contribution in [0, 0.1) is 0 Å². The Kier molecular flexibility index (Phi) is 6.23. The summed E-state index contributed by atoms with van der Waals surface area (Å²) in [6.07, 6.45) is -0.364. The molecule has 0 radical (unpaired) electrons. The zero-order valence-corrected chi connectivity index (χ0v) is 19.7. The van der Waals surface area contributed by atoms with Crippen LogP contribution in [-0.4, -0.2) is 74.9 Å². The molecule has 5 rings (SSSR count). The minimum Gasteiger partial charge on any atom is -0.485 e. The fourth-order valence-corrected chi connectivity index (χ4v) is 5.32. The van der Waals surface area contributed by atoms with Crippen molar-refractivity contribution in [2.75, 3.05) is 38.5 Å². The van der Waals surface area contributed by atoms with Crippen LogP contribution in [0.4, 0.5) is 0 Å². The molecular formula is C22H23N5O4S2. The van der Waals surface area contributed by atoms with Crippen LogP contribution < -0.4 is 9.47 Å². The van der Waals surface area contributed by atoms with Crippen molar-refractivity contribution in [1.82, 2.24) is 24.6 Å². The summed E-state index contributed by atoms with van der Waals surface area (Å²) in [6.45, 7) is 2.50. The molecule has 1 aromatic carbocycles. The number of piperazine rings is 1. The van der Waals surface area contributed by atoms with Crippen LogP contribution in [0.5, 0.6) is 11.5 Å². The molecule has 0 N–H and O–H groups in total. The van der Waals surface area contributed by atoms with Crippen LogP contribution >= 0.6 is 23.1 Å². The smallest absolute Gasteiger partial charge is 0.264 e. The Balaban J connectivity index is 1.14. The van der Waals surface area contributed by atoms with Crippen molar-refractivity contribution in [3.05, 3.63) is 52.5 Å². The molecule has 1 saturated heterocycles. The summed E-state index contributed by atoms with van der Waals surface area (Å²) in [4.78, 5) is 29.6. The Morgan fingerprint density at radius 3 is 2.58 bits per heavy atom. The summed E-state index contributed by atoms with van der Waals surface area (Å²) >= 11 is 2.79. The first-order valence-corrected chi connectivity index (χ1v) is 12.5. The van der Waals surface area contributed by atoms with Crippen molar-refractivity contribution in [2.24, 2.45) is 7.05 Å². The van der Waals surface area contributed by atoms with E-state index >= 15 is 0 Å². The van der Waals surface area contributed by atoms with Gasteiger partial charge in [0.15, 0.2) is 28.6 Å². The van der Waals surface area contributed by atoms with Gasteiger partial charge in [0.25, 0.3) is 5.91 Å². The summed E-state index contributed by atoms with van der Waals surface area (Å²) in [5.41, 5.74) is 0. The SMILES string of the molecule is Cn1c(SCC(=O)N2CCN(C(=O)c3cccs3)CC2)nnc1[C@@H]1COc2ccccc2O1. The van der Waals surface area contributed by atoms with Gasteiger partial charge in [-0.05, 0) is 23.6 Å². The number of carbonyl (C=O) groups excluding carboxylic acids is 2. The molecule has 1 fully saturated rings. The highest BCUT2D eigenvalue weighted by atomic mass is 32.2. The topological polar surface area (TPSA) is 89.8 Å². The third-order valence-corrected chi connectivity index (χ3v) is 7.50. The first-order chi connectivity index (χ1) is 16.1. The Morgan fingerprint density at radius 1 is 1.06 bits per heavy atom. The van der Waals surface area contributed by atoms with E-state index in [0.717, 1.165) is 4.88 Å². The zero-order chi connectivity index (χ0) is 22.8. The third-order valence-electron chi connectivity index (χ3n) is 5.64. The second-order valence-corrected chi connectivity index (χ2v) is 9.59. The Hall–Kier alpha value is -3.05. The number of thioether (sulfide) groups is 1. The van der Waals surface area contributed by atoms with Gasteiger partial charge >= 0.3 is 0 Å². The average molecular weight is 486 g/mol. The Morgan fingerprint density at radius 2 is 1.82 bits per heavy atom. The van der Waals surface area contributed by atoms with Gasteiger partial charge in [-0.25, -0.2) is 0 Å². The summed E-state index contributed by atoms with van der Waals surface area (Å²) in [6, 6.07) is 11.2. The molecule has 2 aliphatic heterocycles. The minimum absolute atomic E-state index is 0.0268. The summed E-state index contributed by atoms with van der Waals surface area (Å²) in [7, 11) is 1.86. The Labute approximate surface area is 199 Å². The van der Waals surface area contributed by atoms with Crippen molar-refractivity contribution in [1.29, 1.82) is 0 Å². The van der Waals surface area contributed by atoms with Crippen LogP contribution in [0.2, 0.25) is 0 Å². The molecule has 9 nitrogen and oxygen atoms in total. The molecule has 2 aliphatic rings. The fourth-order valence-electron chi connectivity index (χ4n) is 3.81. The van der Waals surface area contributed by atoms with E-state index in [1.165, 1.54) is 23.1 Å². The maximum Gasteiger partial charge on any atom is 0.264 e. The molecule has 33 heavy (non-hydrogen) atoms. The maximum absolute atomic E-state index is 12.7. The van der Waals surface area contributed by atoms with Crippen molar-refractivity contribution < 1.29 is 19.1 Å². The van der Waals surface area contributed by atoms with E-state index in [2.05, 4.69) is 10.2 Å². The molecule has 172 valence electrons. The molecule has 0 bridgehead atoms. The van der Waals surface area contributed by atoms with Crippen molar-refractivity contribution >= 4 is 34.9 Å². The molecule has 0 unspecified atom stereocenters. The normalized spacial score (nSPS) is 17.8. The van der Waals surface area contributed by atoms with E-state index in [1.54, 1.807) is 4.90 Å². The predicted octanol–water partition coefficient (Wildman–Crippen LogP) is 2.47. The molecule has 11 heteroatoms. The standard InChI is InChI=1S/C22H23N5O4S2/c1-25-20(17-13-30-15-5-2-3-6-16(15)31-17)23-24-22(25)33-14-19(28)26-8-10-27(11-9-26)21(29)18-7-4-12-32-18/h2-7,12,17H,8-11,13-14H2,1H3/t17-/m0/s1. The van der Waals surface area contributed by atoms with Gasteiger partial charge in [0, 0.05) is 33.2 Å². The number of thiophene rings is 1. The summed E-state index contributed by atoms with van der Waals surface area (Å²) in [5, 5.41) is 11.1. The van der Waals surface area contributed by atoms with E-state index < -0.39 is 0 Å². The molecule has 0 aliphatic carbocycles. The molecule has 4 heterocycles. The van der Waals surface area contributed by atoms with Crippen LogP contribution in [0.25, 0.3) is 0 Å². The lowest BCUT2D eigenvalue weighted by molar-refractivity contribution is -0.129. The monoisotopic (exact) mass is 485 g/mol. The van der Waals surface area contributed by atoms with Crippen molar-refractivity contribution in [3.63, 3.8) is 0 Å². The summed E-state index contributed by atoms with van der Waals surface area (Å²) in [5.74, 6) is 2.37. The van der Waals surface area contributed by atoms with Gasteiger partial charge in [-0.3, -0.25) is 9.59 Å². The number of hydrogen-bond acceptors (Lipinski definition) is 8. The number of carbonyl (C=O) groups is 2. The molecule has 2 aromatic heterocycles. The quantitative estimate of drug-likeness (QED) is 0.513. The van der Waals surface area contributed by atoms with Crippen molar-refractivity contribution in [2.45, 2.75) is 11.3 Å². The first kappa shape index (κ1) is 21.8. The number of fused-ring (bicyclic) bond motifs is 1. The van der Waals surface area contributed by atoms with Gasteiger partial charge < -0.3 is 23.8 Å². The summed E-state index contributed by atoms with van der Waals surface area (Å²) < 4.78 is 13.6. The minimum atomic E-state index is -0.364. The van der Waals surface area contributed by atoms with Gasteiger partial charge in [0.2, 0.25) is 5.91 Å². The van der Waals surface area contributed by atoms with Gasteiger partial charge in [0.1, 0.15) is 6.61 Å². The highest BCUT2D eigenvalue weighted by molar-refractivity contribution is 7.99. The molecule has 1 atom stereocenters. The fraction of sp³-hybridized carbons (Fsp3) is 0.364. The number of benzene rings is 1. The van der Waals surface area contributed by atoms with E-state index in [9.17, 15) is 9.59 Å². The largest absolute Gasteiger partial charge is 0.485 e. The van der Waals surface area contributed by atoms with E-state index in [4.69, 9.17) is 9.47 Å². The lowest BCUT2D eigenvalue weighted by Gasteiger charge is -2.34.